The van der Waals surface area contributed by atoms with Crippen LogP contribution in [0.4, 0.5) is 0 Å². The Bertz CT molecular complexity index is 128. The van der Waals surface area contributed by atoms with Gasteiger partial charge in [-0.15, -0.1) is 0 Å². The highest BCUT2D eigenvalue weighted by atomic mass is 28.4. The molecular formula is C6H15NO2Si. The van der Waals surface area contributed by atoms with Crippen molar-refractivity contribution in [2.24, 2.45) is 0 Å². The average molecular weight is 161 g/mol. The Morgan fingerprint density at radius 3 is 2.30 bits per heavy atom. The van der Waals surface area contributed by atoms with Gasteiger partial charge in [-0.3, -0.25) is 5.21 Å². The molecule has 0 unspecified atom stereocenters. The molecule has 0 radical (unpaired) electrons. The highest BCUT2D eigenvalue weighted by molar-refractivity contribution is 6.69. The zero-order valence-electron chi connectivity index (χ0n) is 7.05. The van der Waals surface area contributed by atoms with Gasteiger partial charge in [0, 0.05) is 11.3 Å². The Labute approximate surface area is 63.0 Å². The van der Waals surface area contributed by atoms with E-state index in [0.717, 1.165) is 0 Å². The van der Waals surface area contributed by atoms with Crippen molar-refractivity contribution < 1.29 is 9.43 Å². The third-order valence-corrected chi connectivity index (χ3v) is 1.42. The van der Waals surface area contributed by atoms with Crippen LogP contribution in [0.15, 0.2) is 0 Å². The van der Waals surface area contributed by atoms with Crippen LogP contribution in [0.2, 0.25) is 19.6 Å². The van der Waals surface area contributed by atoms with Crippen LogP contribution < -0.4 is 0 Å². The van der Waals surface area contributed by atoms with Crippen LogP contribution in [-0.4, -0.2) is 19.4 Å². The molecule has 0 atom stereocenters. The summed E-state index contributed by atoms with van der Waals surface area (Å²) >= 11 is 0. The molecule has 0 aliphatic heterocycles. The first-order valence-corrected chi connectivity index (χ1v) is 6.85. The molecule has 0 aliphatic rings. The zero-order valence-corrected chi connectivity index (χ0v) is 8.05. The van der Waals surface area contributed by atoms with Crippen molar-refractivity contribution in [3.63, 3.8) is 0 Å². The van der Waals surface area contributed by atoms with E-state index in [0.29, 0.717) is 11.3 Å². The summed E-state index contributed by atoms with van der Waals surface area (Å²) in [5.74, 6) is 0. The predicted octanol–water partition coefficient (Wildman–Crippen LogP) is 1.74. The fourth-order valence-electron chi connectivity index (χ4n) is 0.456. The Hall–Kier alpha value is -0.513. The minimum atomic E-state index is -1.68. The second kappa shape index (κ2) is 3.61. The summed E-state index contributed by atoms with van der Waals surface area (Å²) in [4.78, 5) is 0.576. The molecule has 0 aromatic carbocycles. The molecule has 0 fully saturated rings. The molecule has 0 spiro atoms. The molecular weight excluding hydrogens is 146 g/mol. The van der Waals surface area contributed by atoms with Gasteiger partial charge in [0.1, 0.15) is 0 Å². The van der Waals surface area contributed by atoms with Gasteiger partial charge in [0.25, 0.3) is 0 Å². The molecule has 0 rings (SSSR count). The minimum absolute atomic E-state index is 0.576. The number of hydrogen-bond donors (Lipinski definition) is 0. The van der Waals surface area contributed by atoms with Crippen molar-refractivity contribution in [3.8, 4) is 0 Å². The van der Waals surface area contributed by atoms with Gasteiger partial charge >= 0.3 is 0 Å². The van der Waals surface area contributed by atoms with Crippen molar-refractivity contribution in [3.05, 3.63) is 5.21 Å². The third-order valence-electron chi connectivity index (χ3n) is 0.695. The van der Waals surface area contributed by atoms with E-state index in [1.54, 1.807) is 0 Å². The molecule has 10 heavy (non-hydrogen) atoms. The van der Waals surface area contributed by atoms with Gasteiger partial charge < -0.3 is 4.53 Å². The van der Waals surface area contributed by atoms with E-state index >= 15 is 0 Å². The number of hydrogen-bond acceptors (Lipinski definition) is 2. The largest absolute Gasteiger partial charge is 0.444 e. The molecule has 0 bridgehead atoms. The Kier molecular flexibility index (Phi) is 3.42. The van der Waals surface area contributed by atoms with E-state index in [9.17, 15) is 5.21 Å². The first-order valence-electron chi connectivity index (χ1n) is 3.44. The Balaban J connectivity index is 3.79. The molecule has 0 heterocycles. The van der Waals surface area contributed by atoms with Gasteiger partial charge in [-0.05, 0) is 0 Å². The highest BCUT2D eigenvalue weighted by Crippen LogP contribution is 2.01. The van der Waals surface area contributed by atoms with E-state index in [1.807, 2.05) is 26.6 Å². The summed E-state index contributed by atoms with van der Waals surface area (Å²) < 4.78 is 5.04. The maximum absolute atomic E-state index is 10.7. The molecule has 3 nitrogen and oxygen atoms in total. The maximum atomic E-state index is 10.7. The van der Waals surface area contributed by atoms with E-state index < -0.39 is 8.32 Å². The molecule has 0 amide bonds. The normalized spacial score (nSPS) is 13.4. The van der Waals surface area contributed by atoms with Crippen LogP contribution in [-0.2, 0) is 4.53 Å². The summed E-state index contributed by atoms with van der Waals surface area (Å²) in [5.41, 5.74) is 0. The lowest BCUT2D eigenvalue weighted by Gasteiger charge is -2.18. The molecule has 4 heteroatoms. The van der Waals surface area contributed by atoms with Crippen LogP contribution in [0.1, 0.15) is 13.3 Å². The van der Waals surface area contributed by atoms with Crippen molar-refractivity contribution >= 4 is 14.5 Å². The molecule has 0 aromatic heterocycles. The molecule has 60 valence electrons. The van der Waals surface area contributed by atoms with Gasteiger partial charge in [0.2, 0.25) is 6.21 Å². The first kappa shape index (κ1) is 9.49. The Morgan fingerprint density at radius 2 is 2.00 bits per heavy atom. The fraction of sp³-hybridized carbons (Fsp3) is 0.833. The van der Waals surface area contributed by atoms with Crippen molar-refractivity contribution in [2.45, 2.75) is 33.0 Å². The summed E-state index contributed by atoms with van der Waals surface area (Å²) in [6.07, 6.45) is 2.20. The van der Waals surface area contributed by atoms with Crippen molar-refractivity contribution in [2.75, 3.05) is 0 Å². The lowest BCUT2D eigenvalue weighted by atomic mass is 10.6. The smallest absolute Gasteiger partial charge is 0.209 e. The zero-order chi connectivity index (χ0) is 8.20. The third kappa shape index (κ3) is 5.62. The lowest BCUT2D eigenvalue weighted by molar-refractivity contribution is -0.701. The summed E-state index contributed by atoms with van der Waals surface area (Å²) in [6.45, 7) is 7.82. The second-order valence-electron chi connectivity index (χ2n) is 3.08. The van der Waals surface area contributed by atoms with E-state index in [4.69, 9.17) is 4.53 Å². The average Bonchev–Trinajstić information content (AvgIpc) is 1.59. The SMILES string of the molecule is CC/C=[N+](/[O-])O[Si](C)(C)C. The Morgan fingerprint density at radius 1 is 1.50 bits per heavy atom. The van der Waals surface area contributed by atoms with Crippen LogP contribution >= 0.6 is 0 Å². The summed E-state index contributed by atoms with van der Waals surface area (Å²) in [7, 11) is -1.68. The van der Waals surface area contributed by atoms with Gasteiger partial charge in [-0.25, -0.2) is 0 Å². The summed E-state index contributed by atoms with van der Waals surface area (Å²) in [6, 6.07) is 0. The van der Waals surface area contributed by atoms with Gasteiger partial charge in [0.05, 0.1) is 0 Å². The van der Waals surface area contributed by atoms with Crippen LogP contribution in [0.3, 0.4) is 0 Å². The summed E-state index contributed by atoms with van der Waals surface area (Å²) in [5, 5.41) is 10.7. The minimum Gasteiger partial charge on any atom is -0.444 e. The lowest BCUT2D eigenvalue weighted by Crippen LogP contribution is -2.29. The second-order valence-corrected chi connectivity index (χ2v) is 7.49. The maximum Gasteiger partial charge on any atom is 0.209 e. The van der Waals surface area contributed by atoms with Gasteiger partial charge in [0.15, 0.2) is 8.32 Å². The van der Waals surface area contributed by atoms with Crippen LogP contribution in [0.5, 0.6) is 0 Å². The van der Waals surface area contributed by atoms with E-state index in [2.05, 4.69) is 0 Å². The number of rotatable bonds is 3. The standard InChI is InChI=1S/C6H15NO2Si/c1-5-6-7(8)9-10(2,3)4/h6H,5H2,1-4H3/b7-6-. The molecule has 0 saturated carbocycles. The molecule has 0 N–H and O–H groups in total. The van der Waals surface area contributed by atoms with Gasteiger partial charge in [-0.1, -0.05) is 26.6 Å². The predicted molar refractivity (Wildman–Crippen MR) is 44.4 cm³/mol. The van der Waals surface area contributed by atoms with E-state index in [-0.39, 0.29) is 0 Å². The van der Waals surface area contributed by atoms with Crippen molar-refractivity contribution in [1.82, 2.24) is 0 Å². The van der Waals surface area contributed by atoms with Crippen LogP contribution in [0.25, 0.3) is 0 Å². The molecule has 0 aromatic rings. The van der Waals surface area contributed by atoms with Crippen LogP contribution in [0, 0.1) is 5.21 Å². The quantitative estimate of drug-likeness (QED) is 0.273. The molecule has 0 saturated heterocycles. The monoisotopic (exact) mass is 161 g/mol. The topological polar surface area (TPSA) is 35.3 Å². The van der Waals surface area contributed by atoms with Gasteiger partial charge in [-0.2, -0.15) is 0 Å². The van der Waals surface area contributed by atoms with E-state index in [1.165, 1.54) is 6.21 Å². The molecule has 0 aliphatic carbocycles. The highest BCUT2D eigenvalue weighted by Gasteiger charge is 2.13. The number of nitrogens with zero attached hydrogens (tertiary/aromatic N) is 1. The fourth-order valence-corrected chi connectivity index (χ4v) is 1.07. The van der Waals surface area contributed by atoms with Crippen molar-refractivity contribution in [1.29, 1.82) is 0 Å². The first-order chi connectivity index (χ1) is 4.45.